The molecule has 1 atom stereocenters. The molecule has 1 aliphatic rings. The Morgan fingerprint density at radius 1 is 1.05 bits per heavy atom. The third kappa shape index (κ3) is 4.19. The minimum Gasteiger partial charge on any atom is -0.507 e. The largest absolute Gasteiger partial charge is 0.507 e. The number of Topliss-reactive ketones (excluding diaryl/α,β-unsaturated/α-hetero) is 1. The van der Waals surface area contributed by atoms with Gasteiger partial charge in [0.25, 0.3) is 5.78 Å². The highest BCUT2D eigenvalue weighted by Gasteiger charge is 2.49. The quantitative estimate of drug-likeness (QED) is 0.184. The van der Waals surface area contributed by atoms with Gasteiger partial charge in [-0.2, -0.15) is 0 Å². The number of ketones is 1. The second-order valence-electron chi connectivity index (χ2n) is 8.18. The number of aromatic nitrogens is 2. The number of methoxy groups -OCH3 is 2. The Bertz CT molecular complexity index is 1560. The highest BCUT2D eigenvalue weighted by Crippen LogP contribution is 2.46. The van der Waals surface area contributed by atoms with Crippen molar-refractivity contribution < 1.29 is 24.2 Å². The standard InChI is InChI=1S/C26H19Cl2N3O5S/c1-12-8-20-17(10-14(12)27)30-26(37-20)31-22(16-6-4-5-7-29-16)21(24(33)25(31)34)23(32)13-9-15(28)19(36-3)11-18(13)35-2/h4-11,22,32H,1-3H3/b23-21+. The Balaban J connectivity index is 1.75. The Labute approximate surface area is 225 Å². The molecule has 5 rings (SSSR count). The van der Waals surface area contributed by atoms with Crippen LogP contribution in [-0.4, -0.2) is 41.0 Å². The molecule has 1 unspecified atom stereocenters. The third-order valence-corrected chi connectivity index (χ3v) is 7.73. The van der Waals surface area contributed by atoms with Gasteiger partial charge in [-0.1, -0.05) is 40.6 Å². The molecule has 2 aromatic heterocycles. The molecule has 1 amide bonds. The highest BCUT2D eigenvalue weighted by atomic mass is 35.5. The number of benzene rings is 2. The lowest BCUT2D eigenvalue weighted by atomic mass is 9.98. The van der Waals surface area contributed by atoms with Crippen LogP contribution in [0.3, 0.4) is 0 Å². The van der Waals surface area contributed by atoms with Crippen LogP contribution < -0.4 is 14.4 Å². The molecule has 37 heavy (non-hydrogen) atoms. The van der Waals surface area contributed by atoms with Crippen molar-refractivity contribution in [2.75, 3.05) is 19.1 Å². The average molecular weight is 556 g/mol. The van der Waals surface area contributed by atoms with Crippen molar-refractivity contribution in [1.29, 1.82) is 0 Å². The fourth-order valence-electron chi connectivity index (χ4n) is 4.18. The SMILES string of the molecule is COc1cc(OC)c(/C(O)=C2\C(=O)C(=O)N(c3nc4cc(Cl)c(C)cc4s3)C2c2ccccn2)cc1Cl. The second-order valence-corrected chi connectivity index (χ2v) is 10.00. The number of fused-ring (bicyclic) bond motifs is 1. The van der Waals surface area contributed by atoms with Gasteiger partial charge < -0.3 is 14.6 Å². The molecule has 1 N–H and O–H groups in total. The van der Waals surface area contributed by atoms with Crippen LogP contribution in [0.15, 0.2) is 54.2 Å². The molecule has 0 saturated carbocycles. The van der Waals surface area contributed by atoms with E-state index in [4.69, 9.17) is 32.7 Å². The lowest BCUT2D eigenvalue weighted by Crippen LogP contribution is -2.29. The van der Waals surface area contributed by atoms with Gasteiger partial charge in [-0.25, -0.2) is 4.98 Å². The molecule has 0 radical (unpaired) electrons. The second kappa shape index (κ2) is 9.66. The molecule has 1 fully saturated rings. The number of aryl methyl sites for hydroxylation is 1. The number of nitrogens with zero attached hydrogens (tertiary/aromatic N) is 3. The molecule has 8 nitrogen and oxygen atoms in total. The number of hydrogen-bond acceptors (Lipinski definition) is 8. The summed E-state index contributed by atoms with van der Waals surface area (Å²) in [6.07, 6.45) is 1.54. The van der Waals surface area contributed by atoms with Crippen molar-refractivity contribution in [2.24, 2.45) is 0 Å². The van der Waals surface area contributed by atoms with E-state index >= 15 is 0 Å². The zero-order valence-electron chi connectivity index (χ0n) is 19.8. The number of thiazole rings is 1. The van der Waals surface area contributed by atoms with E-state index in [-0.39, 0.29) is 27.0 Å². The number of carbonyl (C=O) groups is 2. The van der Waals surface area contributed by atoms with Crippen LogP contribution in [0, 0.1) is 6.92 Å². The fourth-order valence-corrected chi connectivity index (χ4v) is 5.65. The van der Waals surface area contributed by atoms with E-state index in [1.807, 2.05) is 13.0 Å². The molecule has 1 aliphatic heterocycles. The zero-order valence-corrected chi connectivity index (χ0v) is 22.1. The first-order valence-electron chi connectivity index (χ1n) is 11.0. The predicted molar refractivity (Wildman–Crippen MR) is 143 cm³/mol. The topological polar surface area (TPSA) is 102 Å². The lowest BCUT2D eigenvalue weighted by Gasteiger charge is -2.22. The number of carbonyl (C=O) groups excluding carboxylic acids is 2. The van der Waals surface area contributed by atoms with Crippen LogP contribution in [-0.2, 0) is 9.59 Å². The Morgan fingerprint density at radius 3 is 2.49 bits per heavy atom. The number of pyridine rings is 1. The van der Waals surface area contributed by atoms with E-state index < -0.39 is 23.5 Å². The Kier molecular flexibility index (Phi) is 6.53. The maximum absolute atomic E-state index is 13.4. The number of halogens is 2. The first-order valence-corrected chi connectivity index (χ1v) is 12.5. The molecule has 2 aromatic carbocycles. The molecular weight excluding hydrogens is 537 g/mol. The molecule has 188 valence electrons. The van der Waals surface area contributed by atoms with E-state index in [0.717, 1.165) is 10.3 Å². The van der Waals surface area contributed by atoms with Crippen LogP contribution in [0.25, 0.3) is 16.0 Å². The minimum atomic E-state index is -1.05. The summed E-state index contributed by atoms with van der Waals surface area (Å²) in [7, 11) is 2.85. The molecular formula is C26H19Cl2N3O5S. The van der Waals surface area contributed by atoms with Crippen LogP contribution in [0.2, 0.25) is 10.0 Å². The summed E-state index contributed by atoms with van der Waals surface area (Å²) in [5.41, 5.74) is 1.77. The van der Waals surface area contributed by atoms with E-state index in [1.54, 1.807) is 30.5 Å². The number of aliphatic hydroxyl groups excluding tert-OH is 1. The number of aliphatic hydroxyl groups is 1. The Hall–Kier alpha value is -3.66. The van der Waals surface area contributed by atoms with Crippen LogP contribution in [0.1, 0.15) is 22.9 Å². The smallest absolute Gasteiger partial charge is 0.301 e. The number of amides is 1. The van der Waals surface area contributed by atoms with Crippen molar-refractivity contribution in [1.82, 2.24) is 9.97 Å². The third-order valence-electron chi connectivity index (χ3n) is 6.01. The van der Waals surface area contributed by atoms with Crippen molar-refractivity contribution in [2.45, 2.75) is 13.0 Å². The van der Waals surface area contributed by atoms with Crippen molar-refractivity contribution >= 4 is 67.3 Å². The minimum absolute atomic E-state index is 0.124. The summed E-state index contributed by atoms with van der Waals surface area (Å²) in [6, 6.07) is 10.5. The molecule has 0 aliphatic carbocycles. The lowest BCUT2D eigenvalue weighted by molar-refractivity contribution is -0.132. The average Bonchev–Trinajstić information content (AvgIpc) is 3.41. The summed E-state index contributed by atoms with van der Waals surface area (Å²) in [4.78, 5) is 37.1. The molecule has 1 saturated heterocycles. The molecule has 0 spiro atoms. The van der Waals surface area contributed by atoms with Gasteiger partial charge in [0.05, 0.1) is 46.3 Å². The maximum atomic E-state index is 13.4. The summed E-state index contributed by atoms with van der Waals surface area (Å²) < 4.78 is 11.4. The van der Waals surface area contributed by atoms with E-state index in [0.29, 0.717) is 22.0 Å². The molecule has 4 aromatic rings. The van der Waals surface area contributed by atoms with Gasteiger partial charge in [-0.3, -0.25) is 19.5 Å². The molecule has 11 heteroatoms. The van der Waals surface area contributed by atoms with Crippen molar-refractivity contribution in [3.8, 4) is 11.5 Å². The Morgan fingerprint density at radius 2 is 1.81 bits per heavy atom. The van der Waals surface area contributed by atoms with E-state index in [2.05, 4.69) is 9.97 Å². The zero-order chi connectivity index (χ0) is 26.4. The number of hydrogen-bond donors (Lipinski definition) is 1. The summed E-state index contributed by atoms with van der Waals surface area (Å²) in [5, 5.41) is 12.5. The summed E-state index contributed by atoms with van der Waals surface area (Å²) >= 11 is 13.8. The van der Waals surface area contributed by atoms with Gasteiger partial charge in [-0.15, -0.1) is 0 Å². The van der Waals surface area contributed by atoms with Gasteiger partial charge in [0.15, 0.2) is 5.13 Å². The summed E-state index contributed by atoms with van der Waals surface area (Å²) in [5.74, 6) is -1.68. The van der Waals surface area contributed by atoms with Gasteiger partial charge in [0.1, 0.15) is 23.3 Å². The number of rotatable bonds is 5. The first-order chi connectivity index (χ1) is 17.7. The normalized spacial score (nSPS) is 17.0. The van der Waals surface area contributed by atoms with Crippen LogP contribution >= 0.6 is 34.5 Å². The van der Waals surface area contributed by atoms with Gasteiger partial charge in [-0.05, 0) is 42.8 Å². The van der Waals surface area contributed by atoms with Gasteiger partial charge in [0, 0.05) is 17.3 Å². The monoisotopic (exact) mass is 555 g/mol. The van der Waals surface area contributed by atoms with Crippen LogP contribution in [0.5, 0.6) is 11.5 Å². The predicted octanol–water partition coefficient (Wildman–Crippen LogP) is 5.95. The number of anilines is 1. The van der Waals surface area contributed by atoms with E-state index in [1.165, 1.54) is 42.6 Å². The molecule has 0 bridgehead atoms. The molecule has 3 heterocycles. The number of ether oxygens (including phenoxy) is 2. The van der Waals surface area contributed by atoms with Crippen LogP contribution in [0.4, 0.5) is 5.13 Å². The van der Waals surface area contributed by atoms with Crippen molar-refractivity contribution in [3.63, 3.8) is 0 Å². The van der Waals surface area contributed by atoms with Crippen molar-refractivity contribution in [3.05, 3.63) is 81.1 Å². The highest BCUT2D eigenvalue weighted by molar-refractivity contribution is 7.22. The van der Waals surface area contributed by atoms with Gasteiger partial charge in [0.2, 0.25) is 0 Å². The van der Waals surface area contributed by atoms with Gasteiger partial charge >= 0.3 is 5.91 Å². The van der Waals surface area contributed by atoms with E-state index in [9.17, 15) is 14.7 Å². The first kappa shape index (κ1) is 25.0. The maximum Gasteiger partial charge on any atom is 0.301 e. The summed E-state index contributed by atoms with van der Waals surface area (Å²) in [6.45, 7) is 1.87. The fraction of sp³-hybridized carbons (Fsp3) is 0.154.